The van der Waals surface area contributed by atoms with Gasteiger partial charge in [-0.1, -0.05) is 27.2 Å². The van der Waals surface area contributed by atoms with Crippen LogP contribution in [-0.4, -0.2) is 29.5 Å². The minimum atomic E-state index is 0.135. The Bertz CT molecular complexity index is 382. The van der Waals surface area contributed by atoms with Gasteiger partial charge in [-0.05, 0) is 26.4 Å². The smallest absolute Gasteiger partial charge is 0.0982 e. The van der Waals surface area contributed by atoms with Crippen LogP contribution in [0.2, 0.25) is 0 Å². The van der Waals surface area contributed by atoms with Gasteiger partial charge in [-0.2, -0.15) is 0 Å². The van der Waals surface area contributed by atoms with Crippen LogP contribution in [-0.2, 0) is 5.41 Å². The van der Waals surface area contributed by atoms with E-state index in [2.05, 4.69) is 38.1 Å². The average Bonchev–Trinajstić information content (AvgIpc) is 2.67. The van der Waals surface area contributed by atoms with Crippen LogP contribution in [0, 0.1) is 0 Å². The molecule has 1 saturated heterocycles. The zero-order valence-corrected chi connectivity index (χ0v) is 12.8. The summed E-state index contributed by atoms with van der Waals surface area (Å²) in [6, 6.07) is 0.507. The van der Waals surface area contributed by atoms with Gasteiger partial charge in [0.2, 0.25) is 0 Å². The minimum Gasteiger partial charge on any atom is -0.326 e. The summed E-state index contributed by atoms with van der Waals surface area (Å²) in [5, 5.41) is 3.41. The van der Waals surface area contributed by atoms with Gasteiger partial charge in [-0.3, -0.25) is 4.90 Å². The molecule has 2 N–H and O–H groups in total. The molecule has 2 rings (SSSR count). The second-order valence-corrected chi connectivity index (χ2v) is 7.27. The third kappa shape index (κ3) is 2.92. The summed E-state index contributed by atoms with van der Waals surface area (Å²) in [5.74, 6) is 0. The normalized spacial score (nSPS) is 27.2. The maximum absolute atomic E-state index is 6.34. The summed E-state index contributed by atoms with van der Waals surface area (Å²) in [5.41, 5.74) is 7.65. The van der Waals surface area contributed by atoms with E-state index in [-0.39, 0.29) is 11.5 Å². The highest BCUT2D eigenvalue weighted by Crippen LogP contribution is 2.32. The largest absolute Gasteiger partial charge is 0.326 e. The van der Waals surface area contributed by atoms with Crippen molar-refractivity contribution in [3.8, 4) is 0 Å². The van der Waals surface area contributed by atoms with Gasteiger partial charge in [0.25, 0.3) is 0 Å². The summed E-state index contributed by atoms with van der Waals surface area (Å²) in [6.07, 6.45) is 3.59. The van der Waals surface area contributed by atoms with Crippen LogP contribution in [0.25, 0.3) is 0 Å². The molecule has 18 heavy (non-hydrogen) atoms. The van der Waals surface area contributed by atoms with Crippen molar-refractivity contribution >= 4 is 11.3 Å². The molecule has 0 bridgehead atoms. The maximum atomic E-state index is 6.34. The van der Waals surface area contributed by atoms with E-state index in [9.17, 15) is 0 Å². The fraction of sp³-hybridized carbons (Fsp3) is 0.786. The molecule has 0 aliphatic carbocycles. The zero-order chi connectivity index (χ0) is 13.3. The van der Waals surface area contributed by atoms with Crippen molar-refractivity contribution in [2.45, 2.75) is 57.5 Å². The zero-order valence-electron chi connectivity index (χ0n) is 11.9. The van der Waals surface area contributed by atoms with E-state index in [0.29, 0.717) is 6.04 Å². The first-order valence-corrected chi connectivity index (χ1v) is 7.69. The third-order valence-corrected chi connectivity index (χ3v) is 4.93. The highest BCUT2D eigenvalue weighted by atomic mass is 32.1. The highest BCUT2D eigenvalue weighted by Gasteiger charge is 2.29. The summed E-state index contributed by atoms with van der Waals surface area (Å²) in [7, 11) is 2.17. The van der Waals surface area contributed by atoms with E-state index >= 15 is 0 Å². The molecule has 4 heteroatoms. The van der Waals surface area contributed by atoms with Gasteiger partial charge in [-0.15, -0.1) is 11.3 Å². The molecule has 0 aromatic carbocycles. The lowest BCUT2D eigenvalue weighted by atomic mass is 9.97. The Morgan fingerprint density at radius 1 is 1.39 bits per heavy atom. The van der Waals surface area contributed by atoms with Crippen molar-refractivity contribution in [3.63, 3.8) is 0 Å². The molecule has 1 aromatic heterocycles. The van der Waals surface area contributed by atoms with Gasteiger partial charge in [0.05, 0.1) is 16.7 Å². The number of likely N-dealkylation sites (N-methyl/N-ethyl adjacent to an activating group) is 1. The van der Waals surface area contributed by atoms with Crippen molar-refractivity contribution in [3.05, 3.63) is 16.1 Å². The lowest BCUT2D eigenvalue weighted by Gasteiger charge is -2.28. The van der Waals surface area contributed by atoms with Crippen molar-refractivity contribution in [2.75, 3.05) is 13.6 Å². The molecule has 0 amide bonds. The topological polar surface area (TPSA) is 42.1 Å². The molecule has 2 unspecified atom stereocenters. The van der Waals surface area contributed by atoms with Crippen LogP contribution in [0.3, 0.4) is 0 Å². The number of hydrogen-bond donors (Lipinski definition) is 1. The maximum Gasteiger partial charge on any atom is 0.0982 e. The van der Waals surface area contributed by atoms with E-state index in [0.717, 1.165) is 13.0 Å². The van der Waals surface area contributed by atoms with Gasteiger partial charge in [0.1, 0.15) is 0 Å². The van der Waals surface area contributed by atoms with Crippen LogP contribution in [0.5, 0.6) is 0 Å². The van der Waals surface area contributed by atoms with E-state index < -0.39 is 0 Å². The number of hydrogen-bond acceptors (Lipinski definition) is 4. The highest BCUT2D eigenvalue weighted by molar-refractivity contribution is 7.09. The fourth-order valence-corrected chi connectivity index (χ4v) is 3.51. The van der Waals surface area contributed by atoms with Gasteiger partial charge in [0.15, 0.2) is 0 Å². The first-order valence-electron chi connectivity index (χ1n) is 6.81. The molecule has 2 atom stereocenters. The van der Waals surface area contributed by atoms with E-state index in [1.54, 1.807) is 11.3 Å². The molecule has 1 aliphatic rings. The van der Waals surface area contributed by atoms with Crippen molar-refractivity contribution in [1.29, 1.82) is 0 Å². The predicted molar refractivity (Wildman–Crippen MR) is 78.0 cm³/mol. The molecular formula is C14H25N3S. The molecule has 0 radical (unpaired) electrons. The Morgan fingerprint density at radius 3 is 2.72 bits per heavy atom. The number of nitrogens with two attached hydrogens (primary N) is 1. The molecule has 1 aromatic rings. The number of nitrogens with zero attached hydrogens (tertiary/aromatic N) is 2. The molecule has 1 aliphatic heterocycles. The summed E-state index contributed by atoms with van der Waals surface area (Å²) < 4.78 is 0. The average molecular weight is 267 g/mol. The van der Waals surface area contributed by atoms with E-state index in [1.807, 2.05) is 0 Å². The van der Waals surface area contributed by atoms with Crippen LogP contribution in [0.4, 0.5) is 0 Å². The van der Waals surface area contributed by atoms with Gasteiger partial charge in [0, 0.05) is 16.8 Å². The lowest BCUT2D eigenvalue weighted by molar-refractivity contribution is 0.225. The number of aromatic nitrogens is 1. The van der Waals surface area contributed by atoms with Crippen LogP contribution >= 0.6 is 11.3 Å². The SMILES string of the molecule is CN1CCCCC(N)C1c1csc(C(C)(C)C)n1. The number of rotatable bonds is 1. The number of thiazole rings is 1. The van der Waals surface area contributed by atoms with Gasteiger partial charge in [-0.25, -0.2) is 4.98 Å². The predicted octanol–water partition coefficient (Wildman–Crippen LogP) is 2.92. The standard InChI is InChI=1S/C14H25N3S/c1-14(2,3)13-16-11(9-18-13)12-10(15)7-5-6-8-17(12)4/h9-10,12H,5-8,15H2,1-4H3. The third-order valence-electron chi connectivity index (χ3n) is 3.65. The summed E-state index contributed by atoms with van der Waals surface area (Å²) in [6.45, 7) is 7.77. The van der Waals surface area contributed by atoms with E-state index in [4.69, 9.17) is 10.7 Å². The molecule has 2 heterocycles. The lowest BCUT2D eigenvalue weighted by Crippen LogP contribution is -2.37. The Hall–Kier alpha value is -0.450. The van der Waals surface area contributed by atoms with Crippen LogP contribution < -0.4 is 5.73 Å². The van der Waals surface area contributed by atoms with Gasteiger partial charge >= 0.3 is 0 Å². The second kappa shape index (κ2) is 5.27. The van der Waals surface area contributed by atoms with Crippen molar-refractivity contribution in [2.24, 2.45) is 5.73 Å². The van der Waals surface area contributed by atoms with Crippen LogP contribution in [0.15, 0.2) is 5.38 Å². The number of likely N-dealkylation sites (tertiary alicyclic amines) is 1. The Morgan fingerprint density at radius 2 is 2.11 bits per heavy atom. The Labute approximate surface area is 114 Å². The fourth-order valence-electron chi connectivity index (χ4n) is 2.58. The van der Waals surface area contributed by atoms with Crippen molar-refractivity contribution in [1.82, 2.24) is 9.88 Å². The molecule has 102 valence electrons. The molecule has 0 spiro atoms. The Kier molecular flexibility index (Phi) is 4.09. The van der Waals surface area contributed by atoms with Gasteiger partial charge < -0.3 is 5.73 Å². The molecule has 3 nitrogen and oxygen atoms in total. The molecule has 0 saturated carbocycles. The van der Waals surface area contributed by atoms with E-state index in [1.165, 1.54) is 23.5 Å². The minimum absolute atomic E-state index is 0.135. The quantitative estimate of drug-likeness (QED) is 0.850. The Balaban J connectivity index is 2.25. The second-order valence-electron chi connectivity index (χ2n) is 6.41. The molecule has 1 fully saturated rings. The van der Waals surface area contributed by atoms with Crippen LogP contribution in [0.1, 0.15) is 56.8 Å². The summed E-state index contributed by atoms with van der Waals surface area (Å²) in [4.78, 5) is 7.22. The molecular weight excluding hydrogens is 242 g/mol. The van der Waals surface area contributed by atoms with Crippen molar-refractivity contribution < 1.29 is 0 Å². The summed E-state index contributed by atoms with van der Waals surface area (Å²) >= 11 is 1.77. The first-order chi connectivity index (χ1) is 8.39. The first kappa shape index (κ1) is 14.0. The monoisotopic (exact) mass is 267 g/mol.